The standard InChI is InChI=1S/C16H16BrNO2/c1-10-8-11(2)14(13(17)9-10)18-16(20)15(19)12-6-4-3-5-7-12/h3-9,15,19H,1-2H3,(H,18,20). The predicted molar refractivity (Wildman–Crippen MR) is 83.6 cm³/mol. The third-order valence-corrected chi connectivity index (χ3v) is 3.67. The van der Waals surface area contributed by atoms with E-state index in [9.17, 15) is 9.90 Å². The molecular formula is C16H16BrNO2. The number of amides is 1. The lowest BCUT2D eigenvalue weighted by Crippen LogP contribution is -2.21. The Labute approximate surface area is 126 Å². The van der Waals surface area contributed by atoms with E-state index >= 15 is 0 Å². The van der Waals surface area contributed by atoms with E-state index in [1.165, 1.54) is 0 Å². The zero-order valence-corrected chi connectivity index (χ0v) is 12.9. The molecule has 1 unspecified atom stereocenters. The zero-order chi connectivity index (χ0) is 14.7. The molecule has 0 aliphatic heterocycles. The molecular weight excluding hydrogens is 318 g/mol. The van der Waals surface area contributed by atoms with E-state index in [1.807, 2.05) is 32.0 Å². The number of hydrogen-bond acceptors (Lipinski definition) is 2. The summed E-state index contributed by atoms with van der Waals surface area (Å²) in [5.74, 6) is -0.441. The Bertz CT molecular complexity index is 603. The van der Waals surface area contributed by atoms with Gasteiger partial charge in [0.05, 0.1) is 5.69 Å². The number of benzene rings is 2. The van der Waals surface area contributed by atoms with Gasteiger partial charge in [-0.3, -0.25) is 4.79 Å². The van der Waals surface area contributed by atoms with E-state index in [4.69, 9.17) is 0 Å². The monoisotopic (exact) mass is 333 g/mol. The Kier molecular flexibility index (Phi) is 4.57. The number of carbonyl (C=O) groups excluding carboxylic acids is 1. The first kappa shape index (κ1) is 14.8. The first-order chi connectivity index (χ1) is 9.49. The van der Waals surface area contributed by atoms with Gasteiger partial charge in [0.2, 0.25) is 0 Å². The van der Waals surface area contributed by atoms with Crippen LogP contribution in [-0.4, -0.2) is 11.0 Å². The molecule has 1 atom stereocenters. The third-order valence-electron chi connectivity index (χ3n) is 3.04. The van der Waals surface area contributed by atoms with Crippen LogP contribution in [-0.2, 0) is 4.79 Å². The number of rotatable bonds is 3. The van der Waals surface area contributed by atoms with Crippen LogP contribution in [0.5, 0.6) is 0 Å². The summed E-state index contributed by atoms with van der Waals surface area (Å²) in [6, 6.07) is 12.8. The second-order valence-corrected chi connectivity index (χ2v) is 5.60. The highest BCUT2D eigenvalue weighted by molar-refractivity contribution is 9.10. The van der Waals surface area contributed by atoms with E-state index in [0.29, 0.717) is 11.3 Å². The molecule has 2 N–H and O–H groups in total. The molecule has 2 aromatic rings. The van der Waals surface area contributed by atoms with Gasteiger partial charge in [-0.25, -0.2) is 0 Å². The molecule has 0 saturated carbocycles. The van der Waals surface area contributed by atoms with E-state index in [1.54, 1.807) is 24.3 Å². The maximum atomic E-state index is 12.1. The normalized spacial score (nSPS) is 12.0. The predicted octanol–water partition coefficient (Wildman–Crippen LogP) is 3.74. The highest BCUT2D eigenvalue weighted by Crippen LogP contribution is 2.28. The van der Waals surface area contributed by atoms with Crippen LogP contribution in [0.3, 0.4) is 0 Å². The number of carbonyl (C=O) groups is 1. The third kappa shape index (κ3) is 3.26. The summed E-state index contributed by atoms with van der Waals surface area (Å²) in [5, 5.41) is 12.8. The van der Waals surface area contributed by atoms with E-state index < -0.39 is 12.0 Å². The van der Waals surface area contributed by atoms with Gasteiger partial charge >= 0.3 is 0 Å². The lowest BCUT2D eigenvalue weighted by Gasteiger charge is -2.15. The van der Waals surface area contributed by atoms with Crippen LogP contribution in [0.1, 0.15) is 22.8 Å². The van der Waals surface area contributed by atoms with Gasteiger partial charge in [-0.05, 0) is 52.5 Å². The van der Waals surface area contributed by atoms with Crippen molar-refractivity contribution in [3.05, 3.63) is 63.6 Å². The molecule has 0 aliphatic rings. The maximum absolute atomic E-state index is 12.1. The number of aliphatic hydroxyl groups excluding tert-OH is 1. The SMILES string of the molecule is Cc1cc(C)c(NC(=O)C(O)c2ccccc2)c(Br)c1. The molecule has 4 heteroatoms. The molecule has 3 nitrogen and oxygen atoms in total. The largest absolute Gasteiger partial charge is 0.378 e. The number of hydrogen-bond donors (Lipinski definition) is 2. The summed E-state index contributed by atoms with van der Waals surface area (Å²) in [6.45, 7) is 3.91. The lowest BCUT2D eigenvalue weighted by atomic mass is 10.1. The van der Waals surface area contributed by atoms with Crippen LogP contribution in [0.25, 0.3) is 0 Å². The minimum Gasteiger partial charge on any atom is -0.378 e. The summed E-state index contributed by atoms with van der Waals surface area (Å²) in [6.07, 6.45) is -1.18. The second-order valence-electron chi connectivity index (χ2n) is 4.74. The molecule has 0 saturated heterocycles. The molecule has 20 heavy (non-hydrogen) atoms. The maximum Gasteiger partial charge on any atom is 0.257 e. The molecule has 0 fully saturated rings. The van der Waals surface area contributed by atoms with Crippen LogP contribution in [0.4, 0.5) is 5.69 Å². The van der Waals surface area contributed by atoms with Gasteiger partial charge in [0, 0.05) is 4.47 Å². The number of nitrogens with one attached hydrogen (secondary N) is 1. The zero-order valence-electron chi connectivity index (χ0n) is 11.4. The minimum atomic E-state index is -1.18. The van der Waals surface area contributed by atoms with Gasteiger partial charge in [0.1, 0.15) is 0 Å². The van der Waals surface area contributed by atoms with Crippen LogP contribution in [0, 0.1) is 13.8 Å². The van der Waals surface area contributed by atoms with Crippen molar-refractivity contribution in [2.75, 3.05) is 5.32 Å². The molecule has 2 aromatic carbocycles. The molecule has 104 valence electrons. The van der Waals surface area contributed by atoms with E-state index in [2.05, 4.69) is 21.2 Å². The average Bonchev–Trinajstić information content (AvgIpc) is 2.42. The van der Waals surface area contributed by atoms with Gasteiger partial charge in [0.15, 0.2) is 6.10 Å². The van der Waals surface area contributed by atoms with E-state index in [-0.39, 0.29) is 0 Å². The Balaban J connectivity index is 2.20. The van der Waals surface area contributed by atoms with Crippen LogP contribution < -0.4 is 5.32 Å². The topological polar surface area (TPSA) is 49.3 Å². The van der Waals surface area contributed by atoms with Crippen molar-refractivity contribution in [3.8, 4) is 0 Å². The van der Waals surface area contributed by atoms with Crippen molar-refractivity contribution in [3.63, 3.8) is 0 Å². The summed E-state index contributed by atoms with van der Waals surface area (Å²) in [7, 11) is 0. The molecule has 2 rings (SSSR count). The smallest absolute Gasteiger partial charge is 0.257 e. The summed E-state index contributed by atoms with van der Waals surface area (Å²) in [5.41, 5.74) is 3.32. The highest BCUT2D eigenvalue weighted by atomic mass is 79.9. The highest BCUT2D eigenvalue weighted by Gasteiger charge is 2.18. The van der Waals surface area contributed by atoms with Crippen molar-refractivity contribution in [2.24, 2.45) is 0 Å². The molecule has 0 aromatic heterocycles. The number of anilines is 1. The molecule has 0 radical (unpaired) electrons. The first-order valence-electron chi connectivity index (χ1n) is 6.29. The van der Waals surface area contributed by atoms with Gasteiger partial charge in [0.25, 0.3) is 5.91 Å². The Morgan fingerprint density at radius 1 is 1.20 bits per heavy atom. The van der Waals surface area contributed by atoms with Crippen molar-refractivity contribution in [1.82, 2.24) is 0 Å². The first-order valence-corrected chi connectivity index (χ1v) is 7.09. The van der Waals surface area contributed by atoms with Crippen molar-refractivity contribution >= 4 is 27.5 Å². The quantitative estimate of drug-likeness (QED) is 0.898. The molecule has 1 amide bonds. The van der Waals surface area contributed by atoms with Gasteiger partial charge in [-0.2, -0.15) is 0 Å². The number of halogens is 1. The lowest BCUT2D eigenvalue weighted by molar-refractivity contribution is -0.124. The number of aliphatic hydroxyl groups is 1. The van der Waals surface area contributed by atoms with Gasteiger partial charge < -0.3 is 10.4 Å². The van der Waals surface area contributed by atoms with Crippen molar-refractivity contribution in [1.29, 1.82) is 0 Å². The average molecular weight is 334 g/mol. The summed E-state index contributed by atoms with van der Waals surface area (Å²) in [4.78, 5) is 12.1. The van der Waals surface area contributed by atoms with Crippen molar-refractivity contribution < 1.29 is 9.90 Å². The summed E-state index contributed by atoms with van der Waals surface area (Å²) < 4.78 is 0.809. The second kappa shape index (κ2) is 6.20. The fraction of sp³-hybridized carbons (Fsp3) is 0.188. The fourth-order valence-corrected chi connectivity index (χ4v) is 2.83. The Morgan fingerprint density at radius 3 is 2.45 bits per heavy atom. The minimum absolute atomic E-state index is 0.441. The Morgan fingerprint density at radius 2 is 1.85 bits per heavy atom. The molecule has 0 spiro atoms. The Hall–Kier alpha value is -1.65. The molecule has 0 aliphatic carbocycles. The van der Waals surface area contributed by atoms with Crippen LogP contribution >= 0.6 is 15.9 Å². The van der Waals surface area contributed by atoms with Crippen LogP contribution in [0.2, 0.25) is 0 Å². The van der Waals surface area contributed by atoms with Gasteiger partial charge in [-0.1, -0.05) is 36.4 Å². The van der Waals surface area contributed by atoms with Crippen molar-refractivity contribution in [2.45, 2.75) is 20.0 Å². The van der Waals surface area contributed by atoms with E-state index in [0.717, 1.165) is 15.6 Å². The molecule has 0 bridgehead atoms. The molecule has 0 heterocycles. The van der Waals surface area contributed by atoms with Gasteiger partial charge in [-0.15, -0.1) is 0 Å². The van der Waals surface area contributed by atoms with Crippen LogP contribution in [0.15, 0.2) is 46.9 Å². The fourth-order valence-electron chi connectivity index (χ4n) is 2.05. The summed E-state index contributed by atoms with van der Waals surface area (Å²) >= 11 is 3.44. The number of aryl methyl sites for hydroxylation is 2.